The van der Waals surface area contributed by atoms with Crippen LogP contribution in [0, 0.1) is 6.92 Å². The molecule has 7 heteroatoms. The van der Waals surface area contributed by atoms with Crippen LogP contribution in [0.4, 0.5) is 5.69 Å². The van der Waals surface area contributed by atoms with Gasteiger partial charge in [-0.2, -0.15) is 0 Å². The Kier molecular flexibility index (Phi) is 6.88. The molecule has 1 N–H and O–H groups in total. The molecule has 1 amide bonds. The fraction of sp³-hybridized carbons (Fsp3) is 0.167. The van der Waals surface area contributed by atoms with Gasteiger partial charge in [0, 0.05) is 11.3 Å². The van der Waals surface area contributed by atoms with Crippen molar-refractivity contribution in [2.24, 2.45) is 0 Å². The van der Waals surface area contributed by atoms with Crippen molar-refractivity contribution in [2.45, 2.75) is 26.3 Å². The number of ether oxygens (including phenoxy) is 1. The summed E-state index contributed by atoms with van der Waals surface area (Å²) in [6, 6.07) is 25.2. The number of para-hydroxylation sites is 1. The molecule has 4 aromatic rings. The maximum Gasteiger partial charge on any atom is 0.294 e. The number of carbonyl (C=O) groups excluding carboxylic acids is 2. The van der Waals surface area contributed by atoms with E-state index in [0.717, 1.165) is 12.0 Å². The molecule has 186 valence electrons. The van der Waals surface area contributed by atoms with Crippen molar-refractivity contribution >= 4 is 28.7 Å². The van der Waals surface area contributed by atoms with Gasteiger partial charge in [-0.15, -0.1) is 11.3 Å². The maximum atomic E-state index is 14.0. The Balaban J connectivity index is 1.59. The van der Waals surface area contributed by atoms with Crippen molar-refractivity contribution in [3.8, 4) is 16.3 Å². The number of Topliss-reactive ketones (excluding diaryl/α,β-unsaturated/α-hetero) is 1. The van der Waals surface area contributed by atoms with Gasteiger partial charge in [-0.05, 0) is 43.2 Å². The summed E-state index contributed by atoms with van der Waals surface area (Å²) in [6.07, 6.45) is 0.884. The van der Waals surface area contributed by atoms with Gasteiger partial charge in [0.2, 0.25) is 5.78 Å². The predicted molar refractivity (Wildman–Crippen MR) is 145 cm³/mol. The topological polar surface area (TPSA) is 79.7 Å². The summed E-state index contributed by atoms with van der Waals surface area (Å²) in [7, 11) is 0. The van der Waals surface area contributed by atoms with Gasteiger partial charge in [0.25, 0.3) is 5.91 Å². The number of hydrogen-bond acceptors (Lipinski definition) is 6. The molecular weight excluding hydrogens is 484 g/mol. The fourth-order valence-electron chi connectivity index (χ4n) is 4.41. The number of nitrogens with zero attached hydrogens (tertiary/aromatic N) is 2. The van der Waals surface area contributed by atoms with E-state index in [0.29, 0.717) is 39.2 Å². The summed E-state index contributed by atoms with van der Waals surface area (Å²) in [5.41, 5.74) is 2.79. The van der Waals surface area contributed by atoms with E-state index >= 15 is 0 Å². The lowest BCUT2D eigenvalue weighted by Crippen LogP contribution is -2.31. The zero-order valence-corrected chi connectivity index (χ0v) is 21.4. The smallest absolute Gasteiger partial charge is 0.294 e. The Morgan fingerprint density at radius 3 is 2.30 bits per heavy atom. The molecule has 2 heterocycles. The van der Waals surface area contributed by atoms with Crippen LogP contribution in [-0.2, 0) is 4.79 Å². The second-order valence-corrected chi connectivity index (χ2v) is 9.72. The molecule has 1 aliphatic heterocycles. The Morgan fingerprint density at radius 1 is 1.00 bits per heavy atom. The average Bonchev–Trinajstić information content (AvgIpc) is 3.45. The van der Waals surface area contributed by atoms with Gasteiger partial charge in [-0.25, -0.2) is 4.98 Å². The molecular formula is C30H26N2O4S. The van der Waals surface area contributed by atoms with Crippen molar-refractivity contribution in [2.75, 3.05) is 11.5 Å². The summed E-state index contributed by atoms with van der Waals surface area (Å²) in [4.78, 5) is 33.9. The standard InChI is InChI=1S/C30H26N2O4S/c1-3-18-36-23-16-14-20(15-17-23)25-24(27(34)30(35)32(25)22-12-8-5-9-13-22)26(33)28-19(2)31-29(37-28)21-10-6-4-7-11-21/h4-17,25,34H,3,18H2,1-2H3. The van der Waals surface area contributed by atoms with Crippen molar-refractivity contribution in [3.63, 3.8) is 0 Å². The Morgan fingerprint density at radius 2 is 1.65 bits per heavy atom. The maximum absolute atomic E-state index is 14.0. The molecule has 1 unspecified atom stereocenters. The quantitative estimate of drug-likeness (QED) is 0.267. The summed E-state index contributed by atoms with van der Waals surface area (Å²) >= 11 is 1.26. The third-order valence-corrected chi connectivity index (χ3v) is 7.38. The molecule has 0 saturated carbocycles. The number of aromatic nitrogens is 1. The molecule has 0 spiro atoms. The SMILES string of the molecule is CCCOc1ccc(C2C(C(=O)c3sc(-c4ccccc4)nc3C)=C(O)C(=O)N2c2ccccc2)cc1. The zero-order chi connectivity index (χ0) is 25.9. The zero-order valence-electron chi connectivity index (χ0n) is 20.5. The second-order valence-electron chi connectivity index (χ2n) is 8.72. The van der Waals surface area contributed by atoms with E-state index < -0.39 is 23.5 Å². The number of aliphatic hydroxyl groups excluding tert-OH is 1. The minimum Gasteiger partial charge on any atom is -0.503 e. The third-order valence-electron chi connectivity index (χ3n) is 6.18. The highest BCUT2D eigenvalue weighted by Gasteiger charge is 2.45. The number of carbonyl (C=O) groups is 2. The number of aryl methyl sites for hydroxylation is 1. The summed E-state index contributed by atoms with van der Waals surface area (Å²) in [5, 5.41) is 11.8. The minimum absolute atomic E-state index is 0.0439. The highest BCUT2D eigenvalue weighted by atomic mass is 32.1. The van der Waals surface area contributed by atoms with Crippen LogP contribution in [0.25, 0.3) is 10.6 Å². The van der Waals surface area contributed by atoms with E-state index in [-0.39, 0.29) is 5.57 Å². The van der Waals surface area contributed by atoms with Crippen molar-refractivity contribution in [1.82, 2.24) is 4.98 Å². The lowest BCUT2D eigenvalue weighted by atomic mass is 9.94. The molecule has 0 fully saturated rings. The van der Waals surface area contributed by atoms with Crippen LogP contribution in [0.5, 0.6) is 5.75 Å². The number of benzene rings is 3. The molecule has 0 aliphatic carbocycles. The van der Waals surface area contributed by atoms with E-state index in [1.165, 1.54) is 16.2 Å². The molecule has 6 nitrogen and oxygen atoms in total. The Labute approximate surface area is 219 Å². The summed E-state index contributed by atoms with van der Waals surface area (Å²) in [5.74, 6) is -0.860. The number of ketones is 1. The van der Waals surface area contributed by atoms with E-state index in [2.05, 4.69) is 4.98 Å². The molecule has 37 heavy (non-hydrogen) atoms. The lowest BCUT2D eigenvalue weighted by molar-refractivity contribution is -0.117. The highest BCUT2D eigenvalue weighted by Crippen LogP contribution is 2.43. The van der Waals surface area contributed by atoms with Crippen LogP contribution in [0.3, 0.4) is 0 Å². The first-order valence-corrected chi connectivity index (χ1v) is 12.9. The van der Waals surface area contributed by atoms with Crippen LogP contribution >= 0.6 is 11.3 Å². The third kappa shape index (κ3) is 4.66. The van der Waals surface area contributed by atoms with E-state index in [1.54, 1.807) is 19.1 Å². The molecule has 0 saturated heterocycles. The highest BCUT2D eigenvalue weighted by molar-refractivity contribution is 7.17. The largest absolute Gasteiger partial charge is 0.503 e. The van der Waals surface area contributed by atoms with Crippen LogP contribution < -0.4 is 9.64 Å². The first kappa shape index (κ1) is 24.5. The fourth-order valence-corrected chi connectivity index (χ4v) is 5.43. The lowest BCUT2D eigenvalue weighted by Gasteiger charge is -2.27. The van der Waals surface area contributed by atoms with E-state index in [9.17, 15) is 14.7 Å². The average molecular weight is 511 g/mol. The van der Waals surface area contributed by atoms with Crippen molar-refractivity contribution in [1.29, 1.82) is 0 Å². The van der Waals surface area contributed by atoms with Crippen LogP contribution in [0.2, 0.25) is 0 Å². The summed E-state index contributed by atoms with van der Waals surface area (Å²) < 4.78 is 5.72. The molecule has 5 rings (SSSR count). The number of aliphatic hydroxyl groups is 1. The van der Waals surface area contributed by atoms with Crippen LogP contribution in [0.15, 0.2) is 96.3 Å². The molecule has 1 aliphatic rings. The normalized spacial score (nSPS) is 15.4. The first-order chi connectivity index (χ1) is 18.0. The Bertz CT molecular complexity index is 1460. The second kappa shape index (κ2) is 10.4. The van der Waals surface area contributed by atoms with Gasteiger partial charge < -0.3 is 9.84 Å². The first-order valence-electron chi connectivity index (χ1n) is 12.1. The monoisotopic (exact) mass is 510 g/mol. The number of amides is 1. The van der Waals surface area contributed by atoms with Crippen LogP contribution in [0.1, 0.15) is 40.3 Å². The van der Waals surface area contributed by atoms with Crippen molar-refractivity contribution < 1.29 is 19.4 Å². The summed E-state index contributed by atoms with van der Waals surface area (Å²) in [6.45, 7) is 4.40. The van der Waals surface area contributed by atoms with Gasteiger partial charge >= 0.3 is 0 Å². The number of thiazole rings is 1. The minimum atomic E-state index is -0.802. The predicted octanol–water partition coefficient (Wildman–Crippen LogP) is 6.69. The number of hydrogen-bond donors (Lipinski definition) is 1. The van der Waals surface area contributed by atoms with Gasteiger partial charge in [0.1, 0.15) is 10.8 Å². The van der Waals surface area contributed by atoms with Crippen LogP contribution in [-0.4, -0.2) is 28.4 Å². The number of rotatable bonds is 8. The van der Waals surface area contributed by atoms with Gasteiger partial charge in [0.05, 0.1) is 28.8 Å². The molecule has 1 aromatic heterocycles. The van der Waals surface area contributed by atoms with E-state index in [4.69, 9.17) is 4.74 Å². The van der Waals surface area contributed by atoms with Gasteiger partial charge in [-0.1, -0.05) is 67.6 Å². The molecule has 0 bridgehead atoms. The van der Waals surface area contributed by atoms with Gasteiger partial charge in [-0.3, -0.25) is 14.5 Å². The van der Waals surface area contributed by atoms with E-state index in [1.807, 2.05) is 79.7 Å². The molecule has 3 aromatic carbocycles. The molecule has 1 atom stereocenters. The number of anilines is 1. The Hall–Kier alpha value is -4.23. The van der Waals surface area contributed by atoms with Gasteiger partial charge in [0.15, 0.2) is 5.76 Å². The van der Waals surface area contributed by atoms with Crippen molar-refractivity contribution in [3.05, 3.63) is 112 Å². The molecule has 0 radical (unpaired) electrons.